The van der Waals surface area contributed by atoms with Crippen LogP contribution in [-0.4, -0.2) is 54.7 Å². The van der Waals surface area contributed by atoms with Crippen LogP contribution in [0.15, 0.2) is 34.5 Å². The highest BCUT2D eigenvalue weighted by Crippen LogP contribution is 2.21. The molecule has 24 heavy (non-hydrogen) atoms. The molecular weight excluding hydrogens is 346 g/mol. The van der Waals surface area contributed by atoms with E-state index >= 15 is 0 Å². The number of hydrogen-bond acceptors (Lipinski definition) is 5. The smallest absolute Gasteiger partial charge is 0.273 e. The average molecular weight is 365 g/mol. The molecule has 0 atom stereocenters. The third-order valence-corrected chi connectivity index (χ3v) is 6.91. The van der Waals surface area contributed by atoms with Crippen LogP contribution < -0.4 is 0 Å². The maximum Gasteiger partial charge on any atom is 0.273 e. The third-order valence-electron chi connectivity index (χ3n) is 4.08. The lowest BCUT2D eigenvalue weighted by Crippen LogP contribution is -2.50. The number of aromatic nitrogens is 1. The van der Waals surface area contributed by atoms with Crippen molar-refractivity contribution in [3.05, 3.63) is 45.9 Å². The lowest BCUT2D eigenvalue weighted by atomic mass is 10.2. The molecule has 0 spiro atoms. The van der Waals surface area contributed by atoms with Crippen molar-refractivity contribution in [1.29, 1.82) is 0 Å². The number of hydrogen-bond donors (Lipinski definition) is 0. The molecule has 128 valence electrons. The average Bonchev–Trinajstić information content (AvgIpc) is 3.01. The molecule has 3 rings (SSSR count). The van der Waals surface area contributed by atoms with E-state index in [-0.39, 0.29) is 5.91 Å². The highest BCUT2D eigenvalue weighted by atomic mass is 32.2. The predicted octanol–water partition coefficient (Wildman–Crippen LogP) is 1.91. The molecule has 1 fully saturated rings. The summed E-state index contributed by atoms with van der Waals surface area (Å²) in [5.41, 5.74) is 1.17. The third kappa shape index (κ3) is 3.22. The summed E-state index contributed by atoms with van der Waals surface area (Å²) in [5, 5.41) is 2.59. The van der Waals surface area contributed by atoms with E-state index in [9.17, 15) is 13.2 Å². The van der Waals surface area contributed by atoms with E-state index in [0.717, 1.165) is 10.6 Å². The number of aryl methyl sites for hydroxylation is 2. The zero-order chi connectivity index (χ0) is 17.3. The number of carbonyl (C=O) groups is 1. The van der Waals surface area contributed by atoms with Crippen LogP contribution in [0.4, 0.5) is 0 Å². The Bertz CT molecular complexity index is 853. The van der Waals surface area contributed by atoms with Gasteiger partial charge in [0.1, 0.15) is 5.69 Å². The highest BCUT2D eigenvalue weighted by molar-refractivity contribution is 7.89. The number of benzene rings is 1. The Morgan fingerprint density at radius 1 is 1.12 bits per heavy atom. The minimum Gasteiger partial charge on any atom is -0.335 e. The molecule has 0 saturated carbocycles. The molecule has 1 aliphatic heterocycles. The van der Waals surface area contributed by atoms with E-state index in [4.69, 9.17) is 0 Å². The normalized spacial score (nSPS) is 16.3. The van der Waals surface area contributed by atoms with Gasteiger partial charge in [0.25, 0.3) is 5.91 Å². The number of sulfonamides is 1. The first-order chi connectivity index (χ1) is 11.4. The Hall–Kier alpha value is -1.77. The van der Waals surface area contributed by atoms with Gasteiger partial charge in [-0.25, -0.2) is 13.4 Å². The number of amides is 1. The molecule has 8 heteroatoms. The summed E-state index contributed by atoms with van der Waals surface area (Å²) in [7, 11) is -3.52. The molecule has 6 nitrogen and oxygen atoms in total. The van der Waals surface area contributed by atoms with Crippen LogP contribution in [0.1, 0.15) is 21.1 Å². The quantitative estimate of drug-likeness (QED) is 0.833. The van der Waals surface area contributed by atoms with E-state index < -0.39 is 10.0 Å². The van der Waals surface area contributed by atoms with Crippen LogP contribution in [0, 0.1) is 13.8 Å². The van der Waals surface area contributed by atoms with Gasteiger partial charge < -0.3 is 4.90 Å². The maximum atomic E-state index is 12.8. The summed E-state index contributed by atoms with van der Waals surface area (Å²) in [4.78, 5) is 18.6. The summed E-state index contributed by atoms with van der Waals surface area (Å²) in [6.45, 7) is 4.99. The Balaban J connectivity index is 1.71. The largest absolute Gasteiger partial charge is 0.335 e. The Labute approximate surface area is 145 Å². The van der Waals surface area contributed by atoms with Crippen LogP contribution >= 0.6 is 11.3 Å². The predicted molar refractivity (Wildman–Crippen MR) is 92.7 cm³/mol. The first-order valence-corrected chi connectivity index (χ1v) is 9.99. The summed E-state index contributed by atoms with van der Waals surface area (Å²) in [6, 6.07) is 6.96. The molecule has 0 radical (unpaired) electrons. The first-order valence-electron chi connectivity index (χ1n) is 7.67. The van der Waals surface area contributed by atoms with Crippen molar-refractivity contribution >= 4 is 27.3 Å². The summed E-state index contributed by atoms with van der Waals surface area (Å²) in [6.07, 6.45) is 0. The Morgan fingerprint density at radius 2 is 1.79 bits per heavy atom. The van der Waals surface area contributed by atoms with Crippen molar-refractivity contribution in [2.75, 3.05) is 26.2 Å². The van der Waals surface area contributed by atoms with Crippen LogP contribution in [0.25, 0.3) is 0 Å². The minimum absolute atomic E-state index is 0.132. The van der Waals surface area contributed by atoms with Gasteiger partial charge in [-0.2, -0.15) is 4.31 Å². The van der Waals surface area contributed by atoms with Gasteiger partial charge in [-0.05, 0) is 25.5 Å². The van der Waals surface area contributed by atoms with Gasteiger partial charge in [-0.3, -0.25) is 4.79 Å². The van der Waals surface area contributed by atoms with Crippen molar-refractivity contribution in [2.45, 2.75) is 18.7 Å². The molecule has 0 aliphatic carbocycles. The molecule has 2 heterocycles. The van der Waals surface area contributed by atoms with Gasteiger partial charge in [0, 0.05) is 31.6 Å². The fraction of sp³-hybridized carbons (Fsp3) is 0.375. The second-order valence-corrected chi connectivity index (χ2v) is 8.68. The van der Waals surface area contributed by atoms with E-state index in [0.29, 0.717) is 36.8 Å². The molecule has 0 N–H and O–H groups in total. The van der Waals surface area contributed by atoms with Crippen molar-refractivity contribution in [1.82, 2.24) is 14.2 Å². The molecule has 1 aliphatic rings. The summed E-state index contributed by atoms with van der Waals surface area (Å²) >= 11 is 1.44. The van der Waals surface area contributed by atoms with Crippen molar-refractivity contribution in [2.24, 2.45) is 0 Å². The second kappa shape index (κ2) is 6.62. The Morgan fingerprint density at radius 3 is 2.38 bits per heavy atom. The Kier molecular flexibility index (Phi) is 4.71. The number of thiazole rings is 1. The van der Waals surface area contributed by atoms with Crippen LogP contribution in [-0.2, 0) is 10.0 Å². The number of carbonyl (C=O) groups excluding carboxylic acids is 1. The van der Waals surface area contributed by atoms with E-state index in [1.165, 1.54) is 15.6 Å². The van der Waals surface area contributed by atoms with E-state index in [2.05, 4.69) is 4.98 Å². The molecule has 0 unspecified atom stereocenters. The van der Waals surface area contributed by atoms with E-state index in [1.807, 2.05) is 13.0 Å². The van der Waals surface area contributed by atoms with Crippen molar-refractivity contribution < 1.29 is 13.2 Å². The van der Waals surface area contributed by atoms with Crippen LogP contribution in [0.5, 0.6) is 0 Å². The number of nitrogens with zero attached hydrogens (tertiary/aromatic N) is 3. The summed E-state index contributed by atoms with van der Waals surface area (Å²) < 4.78 is 27.0. The molecule has 1 aromatic heterocycles. The van der Waals surface area contributed by atoms with E-state index in [1.54, 1.807) is 35.4 Å². The fourth-order valence-corrected chi connectivity index (χ4v) is 4.97. The molecule has 1 saturated heterocycles. The maximum absolute atomic E-state index is 12.8. The summed E-state index contributed by atoms with van der Waals surface area (Å²) in [5.74, 6) is -0.132. The van der Waals surface area contributed by atoms with Gasteiger partial charge >= 0.3 is 0 Å². The second-order valence-electron chi connectivity index (χ2n) is 5.71. The van der Waals surface area contributed by atoms with Crippen LogP contribution in [0.2, 0.25) is 0 Å². The van der Waals surface area contributed by atoms with Crippen molar-refractivity contribution in [3.63, 3.8) is 0 Å². The monoisotopic (exact) mass is 365 g/mol. The molecule has 2 aromatic rings. The van der Waals surface area contributed by atoms with Gasteiger partial charge in [-0.1, -0.05) is 18.2 Å². The SMILES string of the molecule is Cc1nc(C(=O)N2CCN(S(=O)(=O)c3ccccc3C)CC2)cs1. The number of piperazine rings is 1. The van der Waals surface area contributed by atoms with Gasteiger partial charge in [0.2, 0.25) is 10.0 Å². The topological polar surface area (TPSA) is 70.6 Å². The lowest BCUT2D eigenvalue weighted by Gasteiger charge is -2.33. The molecule has 0 bridgehead atoms. The van der Waals surface area contributed by atoms with Crippen molar-refractivity contribution in [3.8, 4) is 0 Å². The zero-order valence-corrected chi connectivity index (χ0v) is 15.2. The molecule has 1 amide bonds. The highest BCUT2D eigenvalue weighted by Gasteiger charge is 2.31. The van der Waals surface area contributed by atoms with Gasteiger partial charge in [-0.15, -0.1) is 11.3 Å². The molecular formula is C16H19N3O3S2. The zero-order valence-electron chi connectivity index (χ0n) is 13.6. The van der Waals surface area contributed by atoms with Crippen LogP contribution in [0.3, 0.4) is 0 Å². The van der Waals surface area contributed by atoms with Gasteiger partial charge in [0.15, 0.2) is 0 Å². The number of rotatable bonds is 3. The fourth-order valence-electron chi connectivity index (χ4n) is 2.74. The standard InChI is InChI=1S/C16H19N3O3S2/c1-12-5-3-4-6-15(12)24(21,22)19-9-7-18(8-10-19)16(20)14-11-23-13(2)17-14/h3-6,11H,7-10H2,1-2H3. The molecule has 1 aromatic carbocycles. The first kappa shape index (κ1) is 17.1. The minimum atomic E-state index is -3.52. The lowest BCUT2D eigenvalue weighted by molar-refractivity contribution is 0.0692. The van der Waals surface area contributed by atoms with Gasteiger partial charge in [0.05, 0.1) is 9.90 Å².